The van der Waals surface area contributed by atoms with E-state index in [0.717, 1.165) is 18.4 Å². The highest BCUT2D eigenvalue weighted by molar-refractivity contribution is 5.81. The molecule has 0 fully saturated rings. The second-order valence-electron chi connectivity index (χ2n) is 6.42. The number of hydrogen-bond donors (Lipinski definition) is 1. The van der Waals surface area contributed by atoms with Crippen LogP contribution < -0.4 is 5.73 Å². The van der Waals surface area contributed by atoms with E-state index in [4.69, 9.17) is 5.73 Å². The zero-order valence-electron chi connectivity index (χ0n) is 12.7. The highest BCUT2D eigenvalue weighted by atomic mass is 16.1. The lowest BCUT2D eigenvalue weighted by Crippen LogP contribution is -2.24. The minimum absolute atomic E-state index is 0.0198. The molecule has 1 atom stereocenters. The summed E-state index contributed by atoms with van der Waals surface area (Å²) in [5, 5.41) is 0. The molecule has 1 unspecified atom stereocenters. The summed E-state index contributed by atoms with van der Waals surface area (Å²) in [4.78, 5) is 11.9. The van der Waals surface area contributed by atoms with E-state index >= 15 is 0 Å². The van der Waals surface area contributed by atoms with Crippen molar-refractivity contribution in [2.45, 2.75) is 64.8 Å². The van der Waals surface area contributed by atoms with Crippen LogP contribution in [0.1, 0.15) is 58.1 Å². The third kappa shape index (κ3) is 5.56. The van der Waals surface area contributed by atoms with Crippen LogP contribution in [0.4, 0.5) is 0 Å². The fraction of sp³-hybridized carbons (Fsp3) is 0.588. The van der Waals surface area contributed by atoms with Gasteiger partial charge in [-0.2, -0.15) is 0 Å². The maximum absolute atomic E-state index is 11.9. The molecule has 0 aliphatic carbocycles. The fourth-order valence-electron chi connectivity index (χ4n) is 2.19. The number of rotatable bonds is 6. The Balaban J connectivity index is 2.56. The predicted molar refractivity (Wildman–Crippen MR) is 81.4 cm³/mol. The van der Waals surface area contributed by atoms with E-state index in [-0.39, 0.29) is 17.2 Å². The van der Waals surface area contributed by atoms with Gasteiger partial charge in [0.15, 0.2) is 0 Å². The van der Waals surface area contributed by atoms with Crippen molar-refractivity contribution < 1.29 is 4.79 Å². The highest BCUT2D eigenvalue weighted by Gasteiger charge is 2.14. The van der Waals surface area contributed by atoms with Crippen LogP contribution in [0.5, 0.6) is 0 Å². The van der Waals surface area contributed by atoms with Gasteiger partial charge in [-0.05, 0) is 23.0 Å². The molecule has 0 saturated carbocycles. The molecule has 1 aromatic rings. The molecule has 106 valence electrons. The van der Waals surface area contributed by atoms with E-state index in [0.29, 0.717) is 12.8 Å². The molecule has 0 saturated heterocycles. The minimum atomic E-state index is 0.0198. The first-order valence-electron chi connectivity index (χ1n) is 7.19. The van der Waals surface area contributed by atoms with Crippen molar-refractivity contribution in [2.24, 2.45) is 5.73 Å². The average molecular weight is 261 g/mol. The van der Waals surface area contributed by atoms with Crippen molar-refractivity contribution in [3.8, 4) is 0 Å². The number of ketones is 1. The predicted octanol–water partition coefficient (Wildman–Crippen LogP) is 3.61. The Hall–Kier alpha value is -1.15. The van der Waals surface area contributed by atoms with Gasteiger partial charge in [0.2, 0.25) is 0 Å². The van der Waals surface area contributed by atoms with E-state index in [1.165, 1.54) is 5.56 Å². The molecular weight excluding hydrogens is 234 g/mol. The van der Waals surface area contributed by atoms with Gasteiger partial charge in [0.25, 0.3) is 0 Å². The topological polar surface area (TPSA) is 43.1 Å². The standard InChI is InChI=1S/C17H27NO/c1-5-6-15(18)12-16(19)11-13-7-9-14(10-8-13)17(2,3)4/h7-10,15H,5-6,11-12,18H2,1-4H3. The van der Waals surface area contributed by atoms with Gasteiger partial charge < -0.3 is 5.73 Å². The number of nitrogens with two attached hydrogens (primary N) is 1. The first-order valence-corrected chi connectivity index (χ1v) is 7.19. The van der Waals surface area contributed by atoms with E-state index in [2.05, 4.69) is 52.0 Å². The number of benzene rings is 1. The Kier molecular flexibility index (Phi) is 5.74. The van der Waals surface area contributed by atoms with Gasteiger partial charge in [-0.15, -0.1) is 0 Å². The molecule has 1 aromatic carbocycles. The third-order valence-corrected chi connectivity index (χ3v) is 3.37. The summed E-state index contributed by atoms with van der Waals surface area (Å²) in [5.41, 5.74) is 8.44. The molecule has 0 bridgehead atoms. The Morgan fingerprint density at radius 3 is 2.26 bits per heavy atom. The van der Waals surface area contributed by atoms with Gasteiger partial charge >= 0.3 is 0 Å². The number of carbonyl (C=O) groups excluding carboxylic acids is 1. The summed E-state index contributed by atoms with van der Waals surface area (Å²) >= 11 is 0. The molecule has 0 aliphatic heterocycles. The number of carbonyl (C=O) groups is 1. The van der Waals surface area contributed by atoms with Crippen molar-refractivity contribution in [1.82, 2.24) is 0 Å². The molecule has 0 heterocycles. The normalized spacial score (nSPS) is 13.3. The average Bonchev–Trinajstić information content (AvgIpc) is 2.28. The lowest BCUT2D eigenvalue weighted by Gasteiger charge is -2.19. The number of Topliss-reactive ketones (excluding diaryl/α,β-unsaturated/α-hetero) is 1. The zero-order valence-corrected chi connectivity index (χ0v) is 12.7. The van der Waals surface area contributed by atoms with E-state index in [9.17, 15) is 4.79 Å². The Morgan fingerprint density at radius 2 is 1.79 bits per heavy atom. The van der Waals surface area contributed by atoms with E-state index in [1.807, 2.05) is 0 Å². The minimum Gasteiger partial charge on any atom is -0.327 e. The largest absolute Gasteiger partial charge is 0.327 e. The molecule has 19 heavy (non-hydrogen) atoms. The molecule has 0 amide bonds. The third-order valence-electron chi connectivity index (χ3n) is 3.37. The van der Waals surface area contributed by atoms with Crippen LogP contribution in [-0.2, 0) is 16.6 Å². The Bertz CT molecular complexity index is 400. The van der Waals surface area contributed by atoms with Gasteiger partial charge in [0.05, 0.1) is 0 Å². The zero-order chi connectivity index (χ0) is 14.5. The van der Waals surface area contributed by atoms with Gasteiger partial charge in [-0.3, -0.25) is 4.79 Å². The summed E-state index contributed by atoms with van der Waals surface area (Å²) in [7, 11) is 0. The maximum atomic E-state index is 11.9. The van der Waals surface area contributed by atoms with Crippen LogP contribution in [0.15, 0.2) is 24.3 Å². The molecule has 0 spiro atoms. The van der Waals surface area contributed by atoms with Crippen molar-refractivity contribution in [1.29, 1.82) is 0 Å². The van der Waals surface area contributed by atoms with Gasteiger partial charge in [-0.1, -0.05) is 58.4 Å². The van der Waals surface area contributed by atoms with Crippen LogP contribution in [-0.4, -0.2) is 11.8 Å². The van der Waals surface area contributed by atoms with Crippen LogP contribution in [0.25, 0.3) is 0 Å². The van der Waals surface area contributed by atoms with Crippen molar-refractivity contribution >= 4 is 5.78 Å². The molecule has 0 aliphatic rings. The smallest absolute Gasteiger partial charge is 0.138 e. The number of hydrogen-bond acceptors (Lipinski definition) is 2. The van der Waals surface area contributed by atoms with Gasteiger partial charge in [-0.25, -0.2) is 0 Å². The second-order valence-corrected chi connectivity index (χ2v) is 6.42. The molecule has 1 rings (SSSR count). The van der Waals surface area contributed by atoms with Crippen molar-refractivity contribution in [3.05, 3.63) is 35.4 Å². The Morgan fingerprint density at radius 1 is 1.21 bits per heavy atom. The fourth-order valence-corrected chi connectivity index (χ4v) is 2.19. The molecule has 0 aromatic heterocycles. The van der Waals surface area contributed by atoms with Crippen LogP contribution in [0.2, 0.25) is 0 Å². The summed E-state index contributed by atoms with van der Waals surface area (Å²) in [6.45, 7) is 8.67. The summed E-state index contributed by atoms with van der Waals surface area (Å²) in [6, 6.07) is 8.38. The van der Waals surface area contributed by atoms with Crippen LogP contribution in [0, 0.1) is 0 Å². The quantitative estimate of drug-likeness (QED) is 0.850. The molecule has 2 nitrogen and oxygen atoms in total. The van der Waals surface area contributed by atoms with Crippen molar-refractivity contribution in [2.75, 3.05) is 0 Å². The lowest BCUT2D eigenvalue weighted by molar-refractivity contribution is -0.118. The molecular formula is C17H27NO. The second kappa shape index (κ2) is 6.85. The van der Waals surface area contributed by atoms with E-state index < -0.39 is 0 Å². The first-order chi connectivity index (χ1) is 8.82. The summed E-state index contributed by atoms with van der Waals surface area (Å²) < 4.78 is 0. The van der Waals surface area contributed by atoms with Crippen molar-refractivity contribution in [3.63, 3.8) is 0 Å². The molecule has 2 heteroatoms. The Labute approximate surface area is 117 Å². The maximum Gasteiger partial charge on any atom is 0.138 e. The lowest BCUT2D eigenvalue weighted by atomic mass is 9.86. The van der Waals surface area contributed by atoms with Crippen LogP contribution in [0.3, 0.4) is 0 Å². The first kappa shape index (κ1) is 15.9. The van der Waals surface area contributed by atoms with Gasteiger partial charge in [0.1, 0.15) is 5.78 Å². The summed E-state index contributed by atoms with van der Waals surface area (Å²) in [5.74, 6) is 0.240. The monoisotopic (exact) mass is 261 g/mol. The summed E-state index contributed by atoms with van der Waals surface area (Å²) in [6.07, 6.45) is 2.96. The van der Waals surface area contributed by atoms with Crippen LogP contribution >= 0.6 is 0 Å². The molecule has 2 N–H and O–H groups in total. The van der Waals surface area contributed by atoms with E-state index in [1.54, 1.807) is 0 Å². The highest BCUT2D eigenvalue weighted by Crippen LogP contribution is 2.22. The SMILES string of the molecule is CCCC(N)CC(=O)Cc1ccc(C(C)(C)C)cc1. The molecule has 0 radical (unpaired) electrons. The van der Waals surface area contributed by atoms with Gasteiger partial charge in [0, 0.05) is 18.9 Å².